The number of aromatic nitrogens is 1. The van der Waals surface area contributed by atoms with Gasteiger partial charge in [-0.15, -0.1) is 0 Å². The van der Waals surface area contributed by atoms with Crippen LogP contribution in [0.15, 0.2) is 24.5 Å². The molecule has 0 saturated heterocycles. The Balaban J connectivity index is 2.38. The second kappa shape index (κ2) is 10.0. The van der Waals surface area contributed by atoms with Gasteiger partial charge in [0.15, 0.2) is 0 Å². The first-order chi connectivity index (χ1) is 11.2. The summed E-state index contributed by atoms with van der Waals surface area (Å²) in [5, 5.41) is 0. The zero-order chi connectivity index (χ0) is 18.1. The molecule has 0 N–H and O–H groups in total. The molecule has 0 aromatic carbocycles. The number of hydrogen-bond donors (Lipinski definition) is 0. The molecule has 0 saturated carbocycles. The van der Waals surface area contributed by atoms with E-state index in [4.69, 9.17) is 17.7 Å². The maximum atomic E-state index is 11.6. The number of carbonyl (C=O) groups is 1. The van der Waals surface area contributed by atoms with Crippen LogP contribution in [0.1, 0.15) is 25.3 Å². The monoisotopic (exact) mass is 371 g/mol. The van der Waals surface area contributed by atoms with Crippen molar-refractivity contribution in [1.29, 1.82) is 0 Å². The summed E-state index contributed by atoms with van der Waals surface area (Å²) in [5.41, 5.74) is 1.00. The van der Waals surface area contributed by atoms with E-state index in [0.29, 0.717) is 13.2 Å². The van der Waals surface area contributed by atoms with E-state index in [1.807, 2.05) is 45.2 Å². The van der Waals surface area contributed by atoms with Crippen LogP contribution >= 0.6 is 0 Å². The van der Waals surface area contributed by atoms with E-state index in [1.54, 1.807) is 12.4 Å². The molecule has 1 rings (SSSR count). The molecule has 1 aromatic heterocycles. The Morgan fingerprint density at radius 3 is 2.50 bits per heavy atom. The number of nitrogens with zero attached hydrogens (tertiary/aromatic N) is 1. The lowest BCUT2D eigenvalue weighted by atomic mass is 10.3. The van der Waals surface area contributed by atoms with Crippen molar-refractivity contribution in [2.75, 3.05) is 13.2 Å². The van der Waals surface area contributed by atoms with Gasteiger partial charge in [-0.2, -0.15) is 0 Å². The molecule has 8 heteroatoms. The molecular weight excluding hydrogens is 342 g/mol. The molecule has 6 nitrogen and oxygen atoms in total. The molecular formula is C16H29NO5Si2. The highest BCUT2D eigenvalue weighted by molar-refractivity contribution is 6.78. The predicted octanol–water partition coefficient (Wildman–Crippen LogP) is 3.38. The summed E-state index contributed by atoms with van der Waals surface area (Å²) < 4.78 is 22.9. The second-order valence-corrected chi connectivity index (χ2v) is 13.4. The zero-order valence-corrected chi connectivity index (χ0v) is 17.3. The SMILES string of the molecule is CCCCOC(=O)CO[Si](C)(C)O[Si](C)(C)OCc1cccnc1. The molecule has 24 heavy (non-hydrogen) atoms. The van der Waals surface area contributed by atoms with Crippen molar-refractivity contribution in [3.63, 3.8) is 0 Å². The molecule has 0 aliphatic rings. The van der Waals surface area contributed by atoms with Gasteiger partial charge in [0.05, 0.1) is 13.2 Å². The fourth-order valence-electron chi connectivity index (χ4n) is 2.00. The molecule has 1 aromatic rings. The Morgan fingerprint density at radius 1 is 1.17 bits per heavy atom. The van der Waals surface area contributed by atoms with Gasteiger partial charge in [-0.3, -0.25) is 4.98 Å². The van der Waals surface area contributed by atoms with Crippen LogP contribution in [0.4, 0.5) is 0 Å². The van der Waals surface area contributed by atoms with Crippen LogP contribution < -0.4 is 0 Å². The van der Waals surface area contributed by atoms with Crippen molar-refractivity contribution in [2.45, 2.75) is 52.6 Å². The van der Waals surface area contributed by atoms with E-state index in [-0.39, 0.29) is 12.6 Å². The maximum Gasteiger partial charge on any atom is 0.330 e. The third kappa shape index (κ3) is 9.28. The molecule has 0 amide bonds. The van der Waals surface area contributed by atoms with Gasteiger partial charge in [-0.25, -0.2) is 4.79 Å². The number of carbonyl (C=O) groups excluding carboxylic acids is 1. The first-order valence-corrected chi connectivity index (χ1v) is 13.9. The fourth-order valence-corrected chi connectivity index (χ4v) is 8.18. The molecule has 0 aliphatic heterocycles. The Bertz CT molecular complexity index is 497. The third-order valence-corrected chi connectivity index (χ3v) is 8.71. The van der Waals surface area contributed by atoms with Gasteiger partial charge in [-0.1, -0.05) is 19.4 Å². The number of rotatable bonds is 11. The van der Waals surface area contributed by atoms with Gasteiger partial charge in [0.2, 0.25) is 0 Å². The van der Waals surface area contributed by atoms with Gasteiger partial charge >= 0.3 is 23.1 Å². The highest BCUT2D eigenvalue weighted by atomic mass is 28.5. The van der Waals surface area contributed by atoms with Gasteiger partial charge in [0, 0.05) is 12.4 Å². The lowest BCUT2D eigenvalue weighted by Gasteiger charge is -2.32. The van der Waals surface area contributed by atoms with Gasteiger partial charge in [0.25, 0.3) is 0 Å². The molecule has 0 spiro atoms. The summed E-state index contributed by atoms with van der Waals surface area (Å²) in [7, 11) is -4.83. The average Bonchev–Trinajstić information content (AvgIpc) is 2.52. The van der Waals surface area contributed by atoms with E-state index in [1.165, 1.54) is 0 Å². The molecule has 136 valence electrons. The van der Waals surface area contributed by atoms with Crippen LogP contribution in [0, 0.1) is 0 Å². The van der Waals surface area contributed by atoms with Crippen LogP contribution in [0.25, 0.3) is 0 Å². The summed E-state index contributed by atoms with van der Waals surface area (Å²) in [6.45, 7) is 10.6. The summed E-state index contributed by atoms with van der Waals surface area (Å²) in [5.74, 6) is -0.344. The van der Waals surface area contributed by atoms with Crippen molar-refractivity contribution in [2.24, 2.45) is 0 Å². The largest absolute Gasteiger partial charge is 0.464 e. The summed E-state index contributed by atoms with van der Waals surface area (Å²) in [4.78, 5) is 15.7. The van der Waals surface area contributed by atoms with E-state index >= 15 is 0 Å². The van der Waals surface area contributed by atoms with E-state index < -0.39 is 17.1 Å². The van der Waals surface area contributed by atoms with Crippen molar-refractivity contribution in [3.05, 3.63) is 30.1 Å². The first kappa shape index (κ1) is 21.0. The summed E-state index contributed by atoms with van der Waals surface area (Å²) in [6.07, 6.45) is 5.36. The first-order valence-electron chi connectivity index (χ1n) is 8.27. The van der Waals surface area contributed by atoms with Crippen LogP contribution in [0.5, 0.6) is 0 Å². The molecule has 0 atom stereocenters. The maximum absolute atomic E-state index is 11.6. The average molecular weight is 372 g/mol. The Kier molecular flexibility index (Phi) is 8.78. The Hall–Kier alpha value is -1.07. The number of hydrogen-bond acceptors (Lipinski definition) is 6. The molecule has 0 fully saturated rings. The normalized spacial score (nSPS) is 12.2. The smallest absolute Gasteiger partial charge is 0.330 e. The van der Waals surface area contributed by atoms with E-state index in [0.717, 1.165) is 18.4 Å². The van der Waals surface area contributed by atoms with Gasteiger partial charge < -0.3 is 17.7 Å². The van der Waals surface area contributed by atoms with Crippen molar-refractivity contribution in [3.8, 4) is 0 Å². The van der Waals surface area contributed by atoms with E-state index in [2.05, 4.69) is 4.98 Å². The summed E-state index contributed by atoms with van der Waals surface area (Å²) in [6, 6.07) is 3.84. The highest BCUT2D eigenvalue weighted by Gasteiger charge is 2.37. The summed E-state index contributed by atoms with van der Waals surface area (Å²) >= 11 is 0. The minimum absolute atomic E-state index is 0.0734. The molecule has 0 aliphatic carbocycles. The highest BCUT2D eigenvalue weighted by Crippen LogP contribution is 2.18. The van der Waals surface area contributed by atoms with Crippen LogP contribution in [-0.2, 0) is 29.1 Å². The van der Waals surface area contributed by atoms with Crippen molar-refractivity contribution < 1.29 is 22.5 Å². The standard InChI is InChI=1S/C16H29NO5Si2/c1-6-7-11-19-16(18)14-21-24(4,5)22-23(2,3)20-13-15-9-8-10-17-12-15/h8-10,12H,6-7,11,13-14H2,1-5H3. The second-order valence-electron chi connectivity index (χ2n) is 6.41. The quantitative estimate of drug-likeness (QED) is 0.337. The number of pyridine rings is 1. The minimum Gasteiger partial charge on any atom is -0.464 e. The molecule has 0 bridgehead atoms. The molecule has 0 unspecified atom stereocenters. The fraction of sp³-hybridized carbons (Fsp3) is 0.625. The Morgan fingerprint density at radius 2 is 1.88 bits per heavy atom. The van der Waals surface area contributed by atoms with Crippen LogP contribution in [0.2, 0.25) is 26.2 Å². The van der Waals surface area contributed by atoms with E-state index in [9.17, 15) is 4.79 Å². The Labute approximate surface area is 147 Å². The lowest BCUT2D eigenvalue weighted by Crippen LogP contribution is -2.49. The lowest BCUT2D eigenvalue weighted by molar-refractivity contribution is -0.146. The molecule has 0 radical (unpaired) electrons. The van der Waals surface area contributed by atoms with Crippen molar-refractivity contribution >= 4 is 23.1 Å². The van der Waals surface area contributed by atoms with Crippen LogP contribution in [0.3, 0.4) is 0 Å². The third-order valence-electron chi connectivity index (χ3n) is 3.10. The minimum atomic E-state index is -2.47. The zero-order valence-electron chi connectivity index (χ0n) is 15.3. The predicted molar refractivity (Wildman–Crippen MR) is 96.9 cm³/mol. The number of unbranched alkanes of at least 4 members (excludes halogenated alkanes) is 1. The van der Waals surface area contributed by atoms with Crippen molar-refractivity contribution in [1.82, 2.24) is 4.98 Å². The van der Waals surface area contributed by atoms with Crippen LogP contribution in [-0.4, -0.2) is 41.3 Å². The number of ether oxygens (including phenoxy) is 1. The molecule has 1 heterocycles. The number of esters is 1. The topological polar surface area (TPSA) is 66.9 Å². The van der Waals surface area contributed by atoms with Gasteiger partial charge in [-0.05, 0) is 44.2 Å². The van der Waals surface area contributed by atoms with Gasteiger partial charge in [0.1, 0.15) is 6.61 Å².